The summed E-state index contributed by atoms with van der Waals surface area (Å²) in [7, 11) is 0. The summed E-state index contributed by atoms with van der Waals surface area (Å²) in [5.74, 6) is 1.34. The molecule has 0 fully saturated rings. The van der Waals surface area contributed by atoms with Gasteiger partial charge in [-0.3, -0.25) is 0 Å². The molecule has 0 aliphatic heterocycles. The van der Waals surface area contributed by atoms with E-state index in [1.807, 2.05) is 19.1 Å². The molecule has 2 nitrogen and oxygen atoms in total. The Morgan fingerprint density at radius 2 is 2.06 bits per heavy atom. The van der Waals surface area contributed by atoms with Crippen LogP contribution in [0.3, 0.4) is 0 Å². The predicted octanol–water partition coefficient (Wildman–Crippen LogP) is 3.69. The first-order valence-electron chi connectivity index (χ1n) is 5.91. The van der Waals surface area contributed by atoms with Crippen LogP contribution in [0.5, 0.6) is 5.75 Å². The number of ether oxygens (including phenoxy) is 1. The van der Waals surface area contributed by atoms with E-state index >= 15 is 0 Å². The summed E-state index contributed by atoms with van der Waals surface area (Å²) in [4.78, 5) is 0. The molecule has 0 aliphatic carbocycles. The standard InChI is InChI=1S/C13H19F2NOS/c1-10(16-8-5-9-18-2)11-6-3-4-7-12(11)17-13(14)15/h3-4,6-7,10,13,16H,5,8-9H2,1-2H3. The highest BCUT2D eigenvalue weighted by molar-refractivity contribution is 7.98. The minimum atomic E-state index is -2.78. The Hall–Kier alpha value is -0.810. The van der Waals surface area contributed by atoms with E-state index in [-0.39, 0.29) is 11.8 Å². The molecule has 0 saturated carbocycles. The zero-order valence-electron chi connectivity index (χ0n) is 10.7. The van der Waals surface area contributed by atoms with Gasteiger partial charge in [-0.2, -0.15) is 20.5 Å². The van der Waals surface area contributed by atoms with Crippen LogP contribution in [0.1, 0.15) is 24.9 Å². The molecular weight excluding hydrogens is 256 g/mol. The van der Waals surface area contributed by atoms with E-state index in [4.69, 9.17) is 0 Å². The summed E-state index contributed by atoms with van der Waals surface area (Å²) in [5, 5.41) is 3.31. The van der Waals surface area contributed by atoms with Gasteiger partial charge in [-0.15, -0.1) is 0 Å². The summed E-state index contributed by atoms with van der Waals surface area (Å²) in [6.45, 7) is 0.0347. The van der Waals surface area contributed by atoms with Gasteiger partial charge >= 0.3 is 6.61 Å². The molecular formula is C13H19F2NOS. The Morgan fingerprint density at radius 1 is 1.33 bits per heavy atom. The molecule has 1 rings (SSSR count). The number of thioether (sulfide) groups is 1. The van der Waals surface area contributed by atoms with Crippen LogP contribution in [-0.2, 0) is 0 Å². The Bertz CT molecular complexity index is 350. The molecule has 1 N–H and O–H groups in total. The number of halogens is 2. The van der Waals surface area contributed by atoms with Crippen LogP contribution in [0.4, 0.5) is 8.78 Å². The van der Waals surface area contributed by atoms with E-state index in [0.717, 1.165) is 24.3 Å². The van der Waals surface area contributed by atoms with E-state index in [2.05, 4.69) is 16.3 Å². The van der Waals surface area contributed by atoms with Crippen LogP contribution in [0.15, 0.2) is 24.3 Å². The lowest BCUT2D eigenvalue weighted by Gasteiger charge is -2.17. The minimum Gasteiger partial charge on any atom is -0.434 e. The first kappa shape index (κ1) is 15.2. The highest BCUT2D eigenvalue weighted by Crippen LogP contribution is 2.26. The van der Waals surface area contributed by atoms with Crippen molar-refractivity contribution in [2.75, 3.05) is 18.6 Å². The predicted molar refractivity (Wildman–Crippen MR) is 72.5 cm³/mol. The number of hydrogen-bond acceptors (Lipinski definition) is 3. The van der Waals surface area contributed by atoms with Crippen molar-refractivity contribution >= 4 is 11.8 Å². The molecule has 18 heavy (non-hydrogen) atoms. The van der Waals surface area contributed by atoms with Crippen molar-refractivity contribution < 1.29 is 13.5 Å². The average Bonchev–Trinajstić information content (AvgIpc) is 2.34. The van der Waals surface area contributed by atoms with Crippen molar-refractivity contribution in [3.8, 4) is 5.75 Å². The summed E-state index contributed by atoms with van der Waals surface area (Å²) in [6.07, 6.45) is 3.12. The van der Waals surface area contributed by atoms with Crippen molar-refractivity contribution in [2.24, 2.45) is 0 Å². The largest absolute Gasteiger partial charge is 0.434 e. The molecule has 0 radical (unpaired) electrons. The molecule has 1 atom stereocenters. The molecule has 102 valence electrons. The molecule has 0 spiro atoms. The smallest absolute Gasteiger partial charge is 0.387 e. The second-order valence-corrected chi connectivity index (χ2v) is 4.92. The Kier molecular flexibility index (Phi) is 7.05. The fourth-order valence-corrected chi connectivity index (χ4v) is 2.12. The van der Waals surface area contributed by atoms with Crippen molar-refractivity contribution in [2.45, 2.75) is 26.0 Å². The number of para-hydroxylation sites is 1. The highest BCUT2D eigenvalue weighted by Gasteiger charge is 2.13. The second-order valence-electron chi connectivity index (χ2n) is 3.94. The first-order chi connectivity index (χ1) is 8.65. The molecule has 1 aromatic rings. The Balaban J connectivity index is 2.57. The van der Waals surface area contributed by atoms with E-state index < -0.39 is 6.61 Å². The van der Waals surface area contributed by atoms with E-state index in [1.165, 1.54) is 0 Å². The first-order valence-corrected chi connectivity index (χ1v) is 7.30. The third-order valence-electron chi connectivity index (χ3n) is 2.58. The number of rotatable bonds is 8. The fourth-order valence-electron chi connectivity index (χ4n) is 1.69. The summed E-state index contributed by atoms with van der Waals surface area (Å²) in [5.41, 5.74) is 0.766. The van der Waals surface area contributed by atoms with Crippen molar-refractivity contribution in [1.29, 1.82) is 0 Å². The Morgan fingerprint density at radius 3 is 2.72 bits per heavy atom. The van der Waals surface area contributed by atoms with E-state index in [9.17, 15) is 8.78 Å². The lowest BCUT2D eigenvalue weighted by molar-refractivity contribution is -0.0506. The van der Waals surface area contributed by atoms with Crippen LogP contribution in [-0.4, -0.2) is 25.2 Å². The monoisotopic (exact) mass is 275 g/mol. The van der Waals surface area contributed by atoms with Gasteiger partial charge in [0.15, 0.2) is 0 Å². The lowest BCUT2D eigenvalue weighted by Crippen LogP contribution is -2.21. The highest BCUT2D eigenvalue weighted by atomic mass is 32.2. The second kappa shape index (κ2) is 8.32. The molecule has 0 amide bonds. The maximum atomic E-state index is 12.3. The topological polar surface area (TPSA) is 21.3 Å². The molecule has 1 aromatic carbocycles. The molecule has 0 aliphatic rings. The van der Waals surface area contributed by atoms with Crippen molar-refractivity contribution in [3.63, 3.8) is 0 Å². The van der Waals surface area contributed by atoms with Gasteiger partial charge in [-0.05, 0) is 38.0 Å². The van der Waals surface area contributed by atoms with Gasteiger partial charge in [0.05, 0.1) is 0 Å². The van der Waals surface area contributed by atoms with E-state index in [1.54, 1.807) is 23.9 Å². The minimum absolute atomic E-state index is 0.00167. The molecule has 0 saturated heterocycles. The molecule has 1 unspecified atom stereocenters. The number of alkyl halides is 2. The maximum absolute atomic E-state index is 12.3. The quantitative estimate of drug-likeness (QED) is 0.731. The van der Waals surface area contributed by atoms with Gasteiger partial charge in [0, 0.05) is 11.6 Å². The third-order valence-corrected chi connectivity index (χ3v) is 3.27. The van der Waals surface area contributed by atoms with Gasteiger partial charge in [-0.25, -0.2) is 0 Å². The number of nitrogens with one attached hydrogen (secondary N) is 1. The lowest BCUT2D eigenvalue weighted by atomic mass is 10.1. The van der Waals surface area contributed by atoms with Gasteiger partial charge in [0.2, 0.25) is 0 Å². The fraction of sp³-hybridized carbons (Fsp3) is 0.538. The Labute approximate surface area is 111 Å². The van der Waals surface area contributed by atoms with Crippen LogP contribution in [0.25, 0.3) is 0 Å². The van der Waals surface area contributed by atoms with Crippen LogP contribution >= 0.6 is 11.8 Å². The van der Waals surface area contributed by atoms with Gasteiger partial charge in [0.1, 0.15) is 5.75 Å². The molecule has 0 aromatic heterocycles. The van der Waals surface area contributed by atoms with Gasteiger partial charge < -0.3 is 10.1 Å². The normalized spacial score (nSPS) is 12.7. The number of benzene rings is 1. The molecule has 5 heteroatoms. The summed E-state index contributed by atoms with van der Waals surface area (Å²) < 4.78 is 29.1. The van der Waals surface area contributed by atoms with Crippen LogP contribution in [0, 0.1) is 0 Å². The average molecular weight is 275 g/mol. The zero-order valence-corrected chi connectivity index (χ0v) is 11.5. The van der Waals surface area contributed by atoms with Crippen molar-refractivity contribution in [1.82, 2.24) is 5.32 Å². The van der Waals surface area contributed by atoms with E-state index in [0.29, 0.717) is 0 Å². The molecule has 0 heterocycles. The van der Waals surface area contributed by atoms with Crippen molar-refractivity contribution in [3.05, 3.63) is 29.8 Å². The van der Waals surface area contributed by atoms with Gasteiger partial charge in [-0.1, -0.05) is 18.2 Å². The number of hydrogen-bond donors (Lipinski definition) is 1. The maximum Gasteiger partial charge on any atom is 0.387 e. The summed E-state index contributed by atoms with van der Waals surface area (Å²) in [6, 6.07) is 6.91. The zero-order chi connectivity index (χ0) is 13.4. The molecule has 0 bridgehead atoms. The SMILES string of the molecule is CSCCCNC(C)c1ccccc1OC(F)F. The van der Waals surface area contributed by atoms with Crippen LogP contribution in [0.2, 0.25) is 0 Å². The van der Waals surface area contributed by atoms with Gasteiger partial charge in [0.25, 0.3) is 0 Å². The van der Waals surface area contributed by atoms with Crippen LogP contribution < -0.4 is 10.1 Å². The summed E-state index contributed by atoms with van der Waals surface area (Å²) >= 11 is 1.80. The third kappa shape index (κ3) is 5.23.